The molecular formula is C44H44F5N3O9S. The molecule has 1 aliphatic heterocycles. The molecule has 2 heterocycles. The zero-order valence-corrected chi connectivity index (χ0v) is 34.1. The molecule has 1 saturated heterocycles. The lowest BCUT2D eigenvalue weighted by Gasteiger charge is -2.39. The molecule has 6 rings (SSSR count). The highest BCUT2D eigenvalue weighted by atomic mass is 32.2. The van der Waals surface area contributed by atoms with Crippen LogP contribution in [0.4, 0.5) is 22.0 Å². The number of aliphatic carboxylic acids is 2. The summed E-state index contributed by atoms with van der Waals surface area (Å²) in [7, 11) is 1.66. The molecule has 330 valence electrons. The molecule has 1 aliphatic rings. The van der Waals surface area contributed by atoms with E-state index in [4.69, 9.17) is 25.2 Å². The number of aromatic nitrogens is 1. The number of carbonyl (C=O) groups excluding carboxylic acids is 1. The third-order valence-electron chi connectivity index (χ3n) is 10.3. The van der Waals surface area contributed by atoms with Crippen molar-refractivity contribution >= 4 is 40.5 Å². The number of nitrogens with zero attached hydrogens (tertiary/aromatic N) is 3. The van der Waals surface area contributed by atoms with Gasteiger partial charge >= 0.3 is 18.1 Å². The fourth-order valence-corrected chi connectivity index (χ4v) is 7.88. The summed E-state index contributed by atoms with van der Waals surface area (Å²) in [5.74, 6) is -5.57. The smallest absolute Gasteiger partial charge is 0.416 e. The van der Waals surface area contributed by atoms with Gasteiger partial charge in [-0.15, -0.1) is 11.8 Å². The number of alkyl halides is 3. The number of carboxylic acids is 2. The molecule has 1 fully saturated rings. The number of rotatable bonds is 15. The Balaban J connectivity index is 0.000000646. The fourth-order valence-electron chi connectivity index (χ4n) is 6.84. The van der Waals surface area contributed by atoms with Crippen molar-refractivity contribution in [1.82, 2.24) is 14.4 Å². The van der Waals surface area contributed by atoms with Crippen molar-refractivity contribution in [3.63, 3.8) is 0 Å². The summed E-state index contributed by atoms with van der Waals surface area (Å²) >= 11 is 1.16. The summed E-state index contributed by atoms with van der Waals surface area (Å²) in [5.41, 5.74) is 1.99. The van der Waals surface area contributed by atoms with Crippen molar-refractivity contribution in [2.24, 2.45) is 0 Å². The van der Waals surface area contributed by atoms with Gasteiger partial charge in [0.25, 0.3) is 0 Å². The number of ether oxygens (including phenoxy) is 1. The second-order valence-corrected chi connectivity index (χ2v) is 15.4. The van der Waals surface area contributed by atoms with E-state index in [1.54, 1.807) is 35.9 Å². The maximum Gasteiger partial charge on any atom is 0.416 e. The lowest BCUT2D eigenvalue weighted by Crippen LogP contribution is -2.48. The quantitative estimate of drug-likeness (QED) is 0.0690. The Morgan fingerprint density at radius 3 is 2.03 bits per heavy atom. The Kier molecular flexibility index (Phi) is 16.4. The van der Waals surface area contributed by atoms with Crippen molar-refractivity contribution in [1.29, 1.82) is 0 Å². The van der Waals surface area contributed by atoms with Crippen LogP contribution in [0.5, 0.6) is 0 Å². The summed E-state index contributed by atoms with van der Waals surface area (Å²) in [6.45, 7) is 3.17. The van der Waals surface area contributed by atoms with Crippen LogP contribution in [0.25, 0.3) is 22.0 Å². The highest BCUT2D eigenvalue weighted by molar-refractivity contribution is 7.98. The van der Waals surface area contributed by atoms with Gasteiger partial charge in [0.1, 0.15) is 6.54 Å². The average molecular weight is 886 g/mol. The molecule has 1 aromatic heterocycles. The van der Waals surface area contributed by atoms with E-state index in [2.05, 4.69) is 4.90 Å². The highest BCUT2D eigenvalue weighted by Gasteiger charge is 2.31. The first-order valence-electron chi connectivity index (χ1n) is 19.3. The van der Waals surface area contributed by atoms with E-state index in [0.717, 1.165) is 73.6 Å². The van der Waals surface area contributed by atoms with Crippen LogP contribution < -0.4 is 5.43 Å². The van der Waals surface area contributed by atoms with Crippen LogP contribution in [-0.4, -0.2) is 104 Å². The summed E-state index contributed by atoms with van der Waals surface area (Å²) in [4.78, 5) is 51.4. The Labute approximate surface area is 356 Å². The van der Waals surface area contributed by atoms with Gasteiger partial charge in [0, 0.05) is 62.1 Å². The molecule has 0 radical (unpaired) electrons. The van der Waals surface area contributed by atoms with Crippen LogP contribution in [0.1, 0.15) is 29.5 Å². The number of likely N-dealkylation sites (tertiary alicyclic amines) is 1. The summed E-state index contributed by atoms with van der Waals surface area (Å²) in [6, 6.07) is 24.8. The average Bonchev–Trinajstić information content (AvgIpc) is 3.26. The third kappa shape index (κ3) is 12.3. The van der Waals surface area contributed by atoms with Crippen LogP contribution in [0.2, 0.25) is 0 Å². The Morgan fingerprint density at radius 2 is 1.45 bits per heavy atom. The Hall–Kier alpha value is -5.66. The number of fused-ring (bicyclic) bond motifs is 1. The molecule has 4 N–H and O–H groups in total. The third-order valence-corrected chi connectivity index (χ3v) is 11.4. The Bertz CT molecular complexity index is 2370. The minimum atomic E-state index is -4.42. The van der Waals surface area contributed by atoms with Crippen LogP contribution in [0.3, 0.4) is 0 Å². The second kappa shape index (κ2) is 21.4. The topological polar surface area (TPSA) is 170 Å². The number of thioether (sulfide) groups is 1. The number of aliphatic hydroxyl groups excluding tert-OH is 2. The number of carbonyl (C=O) groups is 3. The number of aliphatic hydroxyl groups is 2. The number of para-hydroxylation sites is 1. The number of hydrogen-bond acceptors (Lipinski definition) is 9. The van der Waals surface area contributed by atoms with Gasteiger partial charge in [-0.25, -0.2) is 18.4 Å². The van der Waals surface area contributed by atoms with Crippen LogP contribution in [-0.2, 0) is 44.1 Å². The van der Waals surface area contributed by atoms with Crippen LogP contribution in [0.15, 0.2) is 107 Å². The standard InChI is InChI=1S/C40H38F5N3O3S.C4H6O6/c1-51-22-21-46-19-17-32(18-20-46)47(24-27-9-11-28(12-10-27)29-13-15-31(16-14-29)40(43,44)45)37(50)25-48-35-8-3-2-6-33(35)36(49)23-38(48)52-26-30-5-4-7-34(41)39(30)42;5-1(3(7)8)2(6)4(9)10/h2-16,23,32H,17-22,24-26H2,1H3;1-2,5-6H,(H,7,8)(H,9,10). The summed E-state index contributed by atoms with van der Waals surface area (Å²) in [6.07, 6.45) is -7.47. The van der Waals surface area contributed by atoms with Crippen molar-refractivity contribution in [3.8, 4) is 11.1 Å². The van der Waals surface area contributed by atoms with Gasteiger partial charge in [0.05, 0.1) is 22.7 Å². The van der Waals surface area contributed by atoms with Crippen molar-refractivity contribution < 1.29 is 61.5 Å². The molecule has 0 aliphatic carbocycles. The normalized spacial score (nSPS) is 14.5. The number of benzene rings is 4. The number of methoxy groups -OCH3 is 1. The van der Waals surface area contributed by atoms with Gasteiger partial charge in [-0.05, 0) is 59.9 Å². The second-order valence-electron chi connectivity index (χ2n) is 14.4. The molecule has 12 nitrogen and oxygen atoms in total. The summed E-state index contributed by atoms with van der Waals surface area (Å²) < 4.78 is 74.9. The predicted molar refractivity (Wildman–Crippen MR) is 220 cm³/mol. The first-order valence-corrected chi connectivity index (χ1v) is 20.2. The van der Waals surface area contributed by atoms with Gasteiger partial charge < -0.3 is 39.5 Å². The summed E-state index contributed by atoms with van der Waals surface area (Å²) in [5, 5.41) is 33.4. The van der Waals surface area contributed by atoms with E-state index in [0.29, 0.717) is 34.6 Å². The van der Waals surface area contributed by atoms with Crippen LogP contribution >= 0.6 is 11.8 Å². The number of halogens is 5. The number of amides is 1. The van der Waals surface area contributed by atoms with Crippen LogP contribution in [0, 0.1) is 11.6 Å². The maximum absolute atomic E-state index is 14.6. The molecule has 0 saturated carbocycles. The van der Waals surface area contributed by atoms with Crippen molar-refractivity contribution in [2.75, 3.05) is 33.4 Å². The monoisotopic (exact) mass is 885 g/mol. The number of piperidine rings is 1. The highest BCUT2D eigenvalue weighted by Crippen LogP contribution is 2.32. The molecule has 0 bridgehead atoms. The SMILES string of the molecule is COCCN1CCC(N(Cc2ccc(-c3ccc(C(F)(F)F)cc3)cc2)C(=O)Cn2c(SCc3cccc(F)c3F)cc(=O)c3ccccc32)CC1.O=C(O)C(O)C(O)C(=O)O. The number of hydrogen-bond donors (Lipinski definition) is 4. The predicted octanol–water partition coefficient (Wildman–Crippen LogP) is 6.27. The van der Waals surface area contributed by atoms with Gasteiger partial charge in [0.2, 0.25) is 5.91 Å². The van der Waals surface area contributed by atoms with E-state index in [9.17, 15) is 41.1 Å². The van der Waals surface area contributed by atoms with Gasteiger partial charge in [0.15, 0.2) is 29.3 Å². The minimum absolute atomic E-state index is 0.0461. The van der Waals surface area contributed by atoms with Crippen molar-refractivity contribution in [2.45, 2.75) is 61.1 Å². The van der Waals surface area contributed by atoms with E-state index in [1.165, 1.54) is 30.3 Å². The first-order chi connectivity index (χ1) is 29.5. The molecular weight excluding hydrogens is 842 g/mol. The largest absolute Gasteiger partial charge is 0.479 e. The van der Waals surface area contributed by atoms with Crippen molar-refractivity contribution in [3.05, 3.63) is 136 Å². The molecule has 1 amide bonds. The zero-order valence-electron chi connectivity index (χ0n) is 33.3. The van der Waals surface area contributed by atoms with Gasteiger partial charge in [-0.2, -0.15) is 13.2 Å². The maximum atomic E-state index is 14.6. The number of carboxylic acid groups (broad SMARTS) is 2. The molecule has 5 aromatic rings. The van der Waals surface area contributed by atoms with E-state index in [-0.39, 0.29) is 35.2 Å². The Morgan fingerprint density at radius 1 is 0.855 bits per heavy atom. The molecule has 2 atom stereocenters. The molecule has 0 spiro atoms. The fraction of sp³-hybridized carbons (Fsp3) is 0.318. The molecule has 18 heteroatoms. The number of pyridine rings is 1. The van der Waals surface area contributed by atoms with E-state index in [1.807, 2.05) is 29.2 Å². The molecule has 2 unspecified atom stereocenters. The molecule has 4 aromatic carbocycles. The minimum Gasteiger partial charge on any atom is -0.479 e. The van der Waals surface area contributed by atoms with Gasteiger partial charge in [-0.1, -0.05) is 60.7 Å². The first kappa shape index (κ1) is 47.4. The lowest BCUT2D eigenvalue weighted by molar-refractivity contribution is -0.165. The van der Waals surface area contributed by atoms with Gasteiger partial charge in [-0.3, -0.25) is 9.59 Å². The van der Waals surface area contributed by atoms with E-state index < -0.39 is 47.5 Å². The lowest BCUT2D eigenvalue weighted by atomic mass is 10.00. The molecule has 62 heavy (non-hydrogen) atoms. The zero-order chi connectivity index (χ0) is 45.1. The van der Waals surface area contributed by atoms with E-state index >= 15 is 0 Å².